The average molecular weight is 240 g/mol. The Balaban J connectivity index is 2.33. The summed E-state index contributed by atoms with van der Waals surface area (Å²) in [6.45, 7) is 7.69. The van der Waals surface area contributed by atoms with Crippen LogP contribution in [-0.2, 0) is 4.79 Å². The lowest BCUT2D eigenvalue weighted by Crippen LogP contribution is -2.17. The van der Waals surface area contributed by atoms with E-state index in [-0.39, 0.29) is 11.8 Å². The molecule has 0 aliphatic rings. The largest absolute Gasteiger partial charge is 0.320 e. The van der Waals surface area contributed by atoms with Crippen molar-refractivity contribution in [2.45, 2.75) is 13.8 Å². The number of amides is 1. The van der Waals surface area contributed by atoms with E-state index < -0.39 is 0 Å². The number of hydrogen-bond donors (Lipinski definition) is 1. The first-order valence-electron chi connectivity index (χ1n) is 5.93. The molecule has 0 saturated carbocycles. The van der Waals surface area contributed by atoms with Crippen molar-refractivity contribution < 1.29 is 4.79 Å². The number of carbonyl (C=O) groups excluding carboxylic acids is 1. The number of nitrogens with zero attached hydrogens (tertiary/aromatic N) is 1. The molecule has 0 unspecified atom stereocenters. The summed E-state index contributed by atoms with van der Waals surface area (Å²) in [5.74, 6) is -0.0175. The minimum atomic E-state index is -0.150. The zero-order chi connectivity index (χ0) is 13.1. The minimum absolute atomic E-state index is 0.132. The molecule has 0 fully saturated rings. The first kappa shape index (κ1) is 12.3. The van der Waals surface area contributed by atoms with Crippen molar-refractivity contribution in [2.75, 3.05) is 5.32 Å². The van der Waals surface area contributed by atoms with E-state index >= 15 is 0 Å². The van der Waals surface area contributed by atoms with Crippen LogP contribution in [0.25, 0.3) is 10.9 Å². The fraction of sp³-hybridized carbons (Fsp3) is 0.200. The van der Waals surface area contributed by atoms with E-state index in [9.17, 15) is 4.79 Å². The molecule has 2 aromatic rings. The molecule has 0 spiro atoms. The van der Waals surface area contributed by atoms with Crippen LogP contribution in [0.4, 0.5) is 5.69 Å². The highest BCUT2D eigenvalue weighted by Crippen LogP contribution is 2.21. The molecule has 1 aromatic heterocycles. The van der Waals surface area contributed by atoms with Crippen molar-refractivity contribution in [3.05, 3.63) is 48.7 Å². The maximum Gasteiger partial charge on any atom is 0.251 e. The van der Waals surface area contributed by atoms with E-state index in [4.69, 9.17) is 0 Å². The summed E-state index contributed by atoms with van der Waals surface area (Å²) in [4.78, 5) is 16.3. The molecule has 1 amide bonds. The van der Waals surface area contributed by atoms with Gasteiger partial charge in [-0.1, -0.05) is 38.6 Å². The molecule has 0 saturated heterocycles. The fourth-order valence-corrected chi connectivity index (χ4v) is 1.67. The number of rotatable bonds is 3. The van der Waals surface area contributed by atoms with Gasteiger partial charge in [-0.15, -0.1) is 0 Å². The fourth-order valence-electron chi connectivity index (χ4n) is 1.67. The van der Waals surface area contributed by atoms with Crippen LogP contribution in [-0.4, -0.2) is 10.9 Å². The second-order valence-corrected chi connectivity index (χ2v) is 4.51. The molecule has 18 heavy (non-hydrogen) atoms. The predicted octanol–water partition coefficient (Wildman–Crippen LogP) is 3.39. The molecule has 92 valence electrons. The summed E-state index contributed by atoms with van der Waals surface area (Å²) < 4.78 is 0. The molecule has 3 nitrogen and oxygen atoms in total. The molecule has 0 bridgehead atoms. The lowest BCUT2D eigenvalue weighted by atomic mass is 10.0. The Labute approximate surface area is 107 Å². The average Bonchev–Trinajstić information content (AvgIpc) is 2.38. The van der Waals surface area contributed by atoms with Crippen LogP contribution in [0.15, 0.2) is 48.7 Å². The SMILES string of the molecule is C=C(C(=O)Nc1cccc2cccnc12)C(C)C. The van der Waals surface area contributed by atoms with Gasteiger partial charge < -0.3 is 5.32 Å². The Morgan fingerprint density at radius 3 is 2.72 bits per heavy atom. The van der Waals surface area contributed by atoms with Gasteiger partial charge in [-0.3, -0.25) is 9.78 Å². The Hall–Kier alpha value is -2.16. The van der Waals surface area contributed by atoms with Crippen molar-refractivity contribution in [3.8, 4) is 0 Å². The van der Waals surface area contributed by atoms with E-state index in [2.05, 4.69) is 16.9 Å². The maximum atomic E-state index is 12.0. The summed E-state index contributed by atoms with van der Waals surface area (Å²) in [6, 6.07) is 9.56. The quantitative estimate of drug-likeness (QED) is 0.835. The van der Waals surface area contributed by atoms with Crippen LogP contribution in [0.5, 0.6) is 0 Å². The van der Waals surface area contributed by atoms with Crippen molar-refractivity contribution in [1.29, 1.82) is 0 Å². The van der Waals surface area contributed by atoms with E-state index in [1.165, 1.54) is 0 Å². The molecule has 0 atom stereocenters. The van der Waals surface area contributed by atoms with Gasteiger partial charge in [0, 0.05) is 17.2 Å². The standard InChI is InChI=1S/C15H16N2O/c1-10(2)11(3)15(18)17-13-8-4-6-12-7-5-9-16-14(12)13/h4-10H,3H2,1-2H3,(H,17,18). The molecule has 0 aliphatic heterocycles. The van der Waals surface area contributed by atoms with Gasteiger partial charge in [-0.25, -0.2) is 0 Å². The smallest absolute Gasteiger partial charge is 0.251 e. The monoisotopic (exact) mass is 240 g/mol. The number of aromatic nitrogens is 1. The summed E-state index contributed by atoms with van der Waals surface area (Å²) >= 11 is 0. The topological polar surface area (TPSA) is 42.0 Å². The third-order valence-corrected chi connectivity index (χ3v) is 2.87. The van der Waals surface area contributed by atoms with Gasteiger partial charge in [0.1, 0.15) is 0 Å². The maximum absolute atomic E-state index is 12.0. The van der Waals surface area contributed by atoms with Crippen LogP contribution in [0.2, 0.25) is 0 Å². The number of para-hydroxylation sites is 1. The highest BCUT2D eigenvalue weighted by molar-refractivity contribution is 6.07. The molecule has 1 N–H and O–H groups in total. The van der Waals surface area contributed by atoms with Crippen LogP contribution >= 0.6 is 0 Å². The summed E-state index contributed by atoms with van der Waals surface area (Å²) in [5.41, 5.74) is 2.09. The number of pyridine rings is 1. The van der Waals surface area contributed by atoms with E-state index in [0.717, 1.165) is 16.6 Å². The molecule has 2 rings (SSSR count). The molecule has 1 aromatic carbocycles. The van der Waals surface area contributed by atoms with Gasteiger partial charge in [0.2, 0.25) is 0 Å². The van der Waals surface area contributed by atoms with Crippen molar-refractivity contribution in [2.24, 2.45) is 5.92 Å². The van der Waals surface area contributed by atoms with Gasteiger partial charge in [-0.2, -0.15) is 0 Å². The van der Waals surface area contributed by atoms with E-state index in [0.29, 0.717) is 5.57 Å². The van der Waals surface area contributed by atoms with Gasteiger partial charge in [0.25, 0.3) is 5.91 Å². The van der Waals surface area contributed by atoms with Crippen LogP contribution in [0.3, 0.4) is 0 Å². The number of benzene rings is 1. The third kappa shape index (κ3) is 2.40. The summed E-state index contributed by atoms with van der Waals surface area (Å²) in [5, 5.41) is 3.87. The van der Waals surface area contributed by atoms with E-state index in [1.54, 1.807) is 6.20 Å². The first-order chi connectivity index (χ1) is 8.59. The van der Waals surface area contributed by atoms with Crippen molar-refractivity contribution >= 4 is 22.5 Å². The van der Waals surface area contributed by atoms with Gasteiger partial charge in [0.15, 0.2) is 0 Å². The highest BCUT2D eigenvalue weighted by Gasteiger charge is 2.12. The highest BCUT2D eigenvalue weighted by atomic mass is 16.1. The number of nitrogens with one attached hydrogen (secondary N) is 1. The van der Waals surface area contributed by atoms with Crippen LogP contribution in [0.1, 0.15) is 13.8 Å². The van der Waals surface area contributed by atoms with Gasteiger partial charge in [0.05, 0.1) is 11.2 Å². The van der Waals surface area contributed by atoms with Gasteiger partial charge >= 0.3 is 0 Å². The summed E-state index contributed by atoms with van der Waals surface area (Å²) in [7, 11) is 0. The Kier molecular flexibility index (Phi) is 3.42. The second kappa shape index (κ2) is 5.00. The van der Waals surface area contributed by atoms with Crippen molar-refractivity contribution in [3.63, 3.8) is 0 Å². The number of hydrogen-bond acceptors (Lipinski definition) is 2. The van der Waals surface area contributed by atoms with Gasteiger partial charge in [-0.05, 0) is 18.1 Å². The molecule has 0 radical (unpaired) electrons. The lowest BCUT2D eigenvalue weighted by molar-refractivity contribution is -0.113. The zero-order valence-electron chi connectivity index (χ0n) is 10.6. The molecular formula is C15H16N2O. The molecule has 3 heteroatoms. The second-order valence-electron chi connectivity index (χ2n) is 4.51. The first-order valence-corrected chi connectivity index (χ1v) is 5.93. The van der Waals surface area contributed by atoms with Crippen LogP contribution in [0, 0.1) is 5.92 Å². The minimum Gasteiger partial charge on any atom is -0.320 e. The van der Waals surface area contributed by atoms with Crippen LogP contribution < -0.4 is 5.32 Å². The normalized spacial score (nSPS) is 10.6. The Morgan fingerprint density at radius 2 is 2.00 bits per heavy atom. The predicted molar refractivity (Wildman–Crippen MR) is 74.4 cm³/mol. The zero-order valence-corrected chi connectivity index (χ0v) is 10.6. The Bertz CT molecular complexity index is 597. The number of anilines is 1. The van der Waals surface area contributed by atoms with Crippen molar-refractivity contribution in [1.82, 2.24) is 4.98 Å². The molecule has 0 aliphatic carbocycles. The van der Waals surface area contributed by atoms with E-state index in [1.807, 2.05) is 44.2 Å². The third-order valence-electron chi connectivity index (χ3n) is 2.87. The molecular weight excluding hydrogens is 224 g/mol. The Morgan fingerprint density at radius 1 is 1.28 bits per heavy atom. The lowest BCUT2D eigenvalue weighted by Gasteiger charge is -2.11. The number of fused-ring (bicyclic) bond motifs is 1. The molecule has 1 heterocycles. The number of carbonyl (C=O) groups is 1. The summed E-state index contributed by atoms with van der Waals surface area (Å²) in [6.07, 6.45) is 1.72.